The first-order valence-corrected chi connectivity index (χ1v) is 9.54. The monoisotopic (exact) mass is 398 g/mol. The predicted molar refractivity (Wildman–Crippen MR) is 104 cm³/mol. The fourth-order valence-corrected chi connectivity index (χ4v) is 3.70. The predicted octanol–water partition coefficient (Wildman–Crippen LogP) is 5.56. The Balaban J connectivity index is 2.43. The summed E-state index contributed by atoms with van der Waals surface area (Å²) in [5, 5.41) is 7.93. The number of aryl methyl sites for hydroxylation is 1. The molecule has 148 valence electrons. The summed E-state index contributed by atoms with van der Waals surface area (Å²) in [5.41, 5.74) is 0.592. The first kappa shape index (κ1) is 21.4. The summed E-state index contributed by atoms with van der Waals surface area (Å²) in [6.07, 6.45) is -4.10. The standard InChI is InChI=1S/C20H25F3N2OS/c1-12-8-9-27-17(12)16(24-5)11-13-10-14(20(21,22)23)6-7-15(13)25-18(26)19(2,3)4/h6-10,16,24H,11H2,1-5H3,(H,25,26). The quantitative estimate of drug-likeness (QED) is 0.692. The lowest BCUT2D eigenvalue weighted by Gasteiger charge is -2.22. The van der Waals surface area contributed by atoms with Crippen LogP contribution in [0.2, 0.25) is 0 Å². The van der Waals surface area contributed by atoms with Gasteiger partial charge in [0.2, 0.25) is 5.91 Å². The second-order valence-corrected chi connectivity index (χ2v) is 8.53. The van der Waals surface area contributed by atoms with E-state index in [0.29, 0.717) is 17.7 Å². The Hall–Kier alpha value is -1.86. The first-order chi connectivity index (χ1) is 12.4. The van der Waals surface area contributed by atoms with E-state index in [-0.39, 0.29) is 11.9 Å². The number of amides is 1. The molecule has 2 N–H and O–H groups in total. The van der Waals surface area contributed by atoms with Gasteiger partial charge in [0.1, 0.15) is 0 Å². The highest BCUT2D eigenvalue weighted by molar-refractivity contribution is 7.10. The Kier molecular flexibility index (Phi) is 6.37. The summed E-state index contributed by atoms with van der Waals surface area (Å²) >= 11 is 1.56. The number of hydrogen-bond acceptors (Lipinski definition) is 3. The van der Waals surface area contributed by atoms with Crippen LogP contribution < -0.4 is 10.6 Å². The normalized spacial score (nSPS) is 13.5. The molecule has 0 saturated heterocycles. The molecule has 7 heteroatoms. The van der Waals surface area contributed by atoms with Gasteiger partial charge in [0, 0.05) is 22.0 Å². The third-order valence-electron chi connectivity index (χ3n) is 4.35. The average molecular weight is 398 g/mol. The molecule has 27 heavy (non-hydrogen) atoms. The lowest BCUT2D eigenvalue weighted by atomic mass is 9.94. The minimum atomic E-state index is -4.44. The number of carbonyl (C=O) groups excluding carboxylic acids is 1. The van der Waals surface area contributed by atoms with Gasteiger partial charge in [-0.2, -0.15) is 13.2 Å². The Morgan fingerprint density at radius 3 is 2.33 bits per heavy atom. The van der Waals surface area contributed by atoms with Crippen LogP contribution in [0.3, 0.4) is 0 Å². The molecule has 0 saturated carbocycles. The highest BCUT2D eigenvalue weighted by Gasteiger charge is 2.32. The molecule has 0 radical (unpaired) electrons. The molecule has 0 spiro atoms. The molecular weight excluding hydrogens is 373 g/mol. The van der Waals surface area contributed by atoms with Crippen molar-refractivity contribution >= 4 is 22.9 Å². The van der Waals surface area contributed by atoms with Gasteiger partial charge in [-0.3, -0.25) is 4.79 Å². The Morgan fingerprint density at radius 2 is 1.85 bits per heavy atom. The zero-order valence-electron chi connectivity index (χ0n) is 16.1. The summed E-state index contributed by atoms with van der Waals surface area (Å²) in [5.74, 6) is -0.239. The molecule has 0 aliphatic rings. The van der Waals surface area contributed by atoms with Crippen LogP contribution in [-0.2, 0) is 17.4 Å². The van der Waals surface area contributed by atoms with Gasteiger partial charge >= 0.3 is 6.18 Å². The summed E-state index contributed by atoms with van der Waals surface area (Å²) in [7, 11) is 1.78. The molecule has 1 unspecified atom stereocenters. The number of hydrogen-bond donors (Lipinski definition) is 2. The summed E-state index contributed by atoms with van der Waals surface area (Å²) < 4.78 is 39.6. The van der Waals surface area contributed by atoms with Gasteiger partial charge in [-0.25, -0.2) is 0 Å². The molecule has 3 nitrogen and oxygen atoms in total. The molecule has 0 aliphatic carbocycles. The van der Waals surface area contributed by atoms with Crippen LogP contribution in [0.5, 0.6) is 0 Å². The van der Waals surface area contributed by atoms with Crippen molar-refractivity contribution < 1.29 is 18.0 Å². The van der Waals surface area contributed by atoms with Crippen molar-refractivity contribution in [1.29, 1.82) is 0 Å². The minimum absolute atomic E-state index is 0.140. The molecule has 1 aromatic heterocycles. The van der Waals surface area contributed by atoms with Crippen molar-refractivity contribution in [1.82, 2.24) is 5.32 Å². The van der Waals surface area contributed by atoms with Crippen LogP contribution in [0.1, 0.15) is 48.4 Å². The Morgan fingerprint density at radius 1 is 1.19 bits per heavy atom. The Labute approximate surface area is 162 Å². The molecule has 0 bridgehead atoms. The van der Waals surface area contributed by atoms with E-state index in [0.717, 1.165) is 22.6 Å². The molecule has 2 aromatic rings. The van der Waals surface area contributed by atoms with Gasteiger partial charge in [0.15, 0.2) is 0 Å². The average Bonchev–Trinajstić information content (AvgIpc) is 2.97. The van der Waals surface area contributed by atoms with E-state index in [1.807, 2.05) is 18.4 Å². The number of benzene rings is 1. The zero-order valence-corrected chi connectivity index (χ0v) is 16.9. The topological polar surface area (TPSA) is 41.1 Å². The van der Waals surface area contributed by atoms with E-state index in [4.69, 9.17) is 0 Å². The first-order valence-electron chi connectivity index (χ1n) is 8.66. The fourth-order valence-electron chi connectivity index (χ4n) is 2.66. The molecular formula is C20H25F3N2OS. The largest absolute Gasteiger partial charge is 0.416 e. The maximum absolute atomic E-state index is 13.2. The number of carbonyl (C=O) groups is 1. The van der Waals surface area contributed by atoms with Crippen LogP contribution in [0.25, 0.3) is 0 Å². The third kappa shape index (κ3) is 5.32. The van der Waals surface area contributed by atoms with Crippen LogP contribution in [0.15, 0.2) is 29.6 Å². The van der Waals surface area contributed by atoms with E-state index < -0.39 is 17.2 Å². The van der Waals surface area contributed by atoms with Crippen molar-refractivity contribution in [3.8, 4) is 0 Å². The van der Waals surface area contributed by atoms with E-state index in [2.05, 4.69) is 10.6 Å². The molecule has 1 atom stereocenters. The number of alkyl halides is 3. The zero-order chi connectivity index (χ0) is 20.4. The van der Waals surface area contributed by atoms with Gasteiger partial charge in [0.25, 0.3) is 0 Å². The Bertz CT molecular complexity index is 806. The van der Waals surface area contributed by atoms with Crippen LogP contribution in [-0.4, -0.2) is 13.0 Å². The maximum Gasteiger partial charge on any atom is 0.416 e. The summed E-state index contributed by atoms with van der Waals surface area (Å²) in [6.45, 7) is 7.26. The van der Waals surface area contributed by atoms with E-state index in [9.17, 15) is 18.0 Å². The van der Waals surface area contributed by atoms with E-state index in [1.165, 1.54) is 6.07 Å². The van der Waals surface area contributed by atoms with Crippen molar-refractivity contribution in [3.63, 3.8) is 0 Å². The maximum atomic E-state index is 13.2. The smallest absolute Gasteiger partial charge is 0.325 e. The highest BCUT2D eigenvalue weighted by Crippen LogP contribution is 2.35. The third-order valence-corrected chi connectivity index (χ3v) is 5.49. The second kappa shape index (κ2) is 8.02. The second-order valence-electron chi connectivity index (χ2n) is 7.59. The highest BCUT2D eigenvalue weighted by atomic mass is 32.1. The summed E-state index contributed by atoms with van der Waals surface area (Å²) in [4.78, 5) is 13.4. The number of thiophene rings is 1. The van der Waals surface area contributed by atoms with Gasteiger partial charge in [-0.15, -0.1) is 11.3 Å². The lowest BCUT2D eigenvalue weighted by Crippen LogP contribution is -2.28. The molecule has 1 heterocycles. The van der Waals surface area contributed by atoms with Crippen LogP contribution in [0.4, 0.5) is 18.9 Å². The number of nitrogens with one attached hydrogen (secondary N) is 2. The van der Waals surface area contributed by atoms with Gasteiger partial charge in [-0.1, -0.05) is 20.8 Å². The van der Waals surface area contributed by atoms with Gasteiger partial charge in [0.05, 0.1) is 5.56 Å². The lowest BCUT2D eigenvalue weighted by molar-refractivity contribution is -0.137. The SMILES string of the molecule is CNC(Cc1cc(C(F)(F)F)ccc1NC(=O)C(C)(C)C)c1sccc1C. The number of anilines is 1. The van der Waals surface area contributed by atoms with E-state index >= 15 is 0 Å². The molecule has 0 aliphatic heterocycles. The van der Waals surface area contributed by atoms with Crippen molar-refractivity contribution in [2.45, 2.75) is 46.3 Å². The van der Waals surface area contributed by atoms with Crippen molar-refractivity contribution in [2.24, 2.45) is 5.41 Å². The molecule has 0 fully saturated rings. The molecule has 2 rings (SSSR count). The summed E-state index contributed by atoms with van der Waals surface area (Å²) in [6, 6.07) is 5.32. The fraction of sp³-hybridized carbons (Fsp3) is 0.450. The van der Waals surface area contributed by atoms with Crippen molar-refractivity contribution in [2.75, 3.05) is 12.4 Å². The number of halogens is 3. The molecule has 1 amide bonds. The van der Waals surface area contributed by atoms with Gasteiger partial charge < -0.3 is 10.6 Å². The molecule has 1 aromatic carbocycles. The number of likely N-dealkylation sites (N-methyl/N-ethyl adjacent to an activating group) is 1. The van der Waals surface area contributed by atoms with Crippen molar-refractivity contribution in [3.05, 3.63) is 51.2 Å². The van der Waals surface area contributed by atoms with E-state index in [1.54, 1.807) is 39.2 Å². The van der Waals surface area contributed by atoms with Crippen LogP contribution in [0, 0.1) is 12.3 Å². The number of rotatable bonds is 5. The minimum Gasteiger partial charge on any atom is -0.325 e. The van der Waals surface area contributed by atoms with Gasteiger partial charge in [-0.05, 0) is 61.2 Å². The van der Waals surface area contributed by atoms with Crippen LogP contribution >= 0.6 is 11.3 Å².